The van der Waals surface area contributed by atoms with Crippen molar-refractivity contribution < 1.29 is 14.6 Å². The van der Waals surface area contributed by atoms with E-state index in [-0.39, 0.29) is 35.3 Å². The normalized spacial score (nSPS) is 57.2. The van der Waals surface area contributed by atoms with Gasteiger partial charge in [0.25, 0.3) is 0 Å². The Morgan fingerprint density at radius 3 is 3.00 bits per heavy atom. The van der Waals surface area contributed by atoms with Crippen molar-refractivity contribution in [2.45, 2.75) is 17.4 Å². The van der Waals surface area contributed by atoms with E-state index in [0.29, 0.717) is 11.8 Å². The van der Waals surface area contributed by atoms with Gasteiger partial charge in [0, 0.05) is 12.5 Å². The Bertz CT molecular complexity index is 268. The summed E-state index contributed by atoms with van der Waals surface area (Å²) in [6.45, 7) is 0.121. The number of hydrogen-bond acceptors (Lipinski definition) is 3. The summed E-state index contributed by atoms with van der Waals surface area (Å²) in [5.74, 6) is 0.864. The highest BCUT2D eigenvalue weighted by Crippen LogP contribution is 2.59. The number of halogens is 1. The van der Waals surface area contributed by atoms with Crippen molar-refractivity contribution in [2.75, 3.05) is 6.61 Å². The van der Waals surface area contributed by atoms with Crippen LogP contribution in [0.25, 0.3) is 0 Å². The molecule has 2 bridgehead atoms. The molecular formula is C9H11BrO3. The largest absolute Gasteiger partial charge is 0.461 e. The minimum Gasteiger partial charge on any atom is -0.461 e. The molecule has 0 aromatic heterocycles. The monoisotopic (exact) mass is 246 g/mol. The van der Waals surface area contributed by atoms with Crippen molar-refractivity contribution in [1.82, 2.24) is 0 Å². The van der Waals surface area contributed by atoms with Crippen LogP contribution in [0.4, 0.5) is 0 Å². The van der Waals surface area contributed by atoms with Crippen LogP contribution in [0.3, 0.4) is 0 Å². The number of aliphatic hydroxyl groups is 1. The molecule has 0 unspecified atom stereocenters. The molecule has 2 saturated carbocycles. The Labute approximate surface area is 84.6 Å². The van der Waals surface area contributed by atoms with Gasteiger partial charge in [0.15, 0.2) is 0 Å². The Hall–Kier alpha value is -0.0900. The van der Waals surface area contributed by atoms with Crippen LogP contribution < -0.4 is 0 Å². The van der Waals surface area contributed by atoms with E-state index in [4.69, 9.17) is 4.74 Å². The van der Waals surface area contributed by atoms with Gasteiger partial charge in [0.05, 0.1) is 10.7 Å². The molecule has 1 saturated heterocycles. The highest BCUT2D eigenvalue weighted by molar-refractivity contribution is 9.09. The second-order valence-corrected chi connectivity index (χ2v) is 5.34. The van der Waals surface area contributed by atoms with E-state index in [9.17, 15) is 9.90 Å². The Morgan fingerprint density at radius 2 is 2.31 bits per heavy atom. The van der Waals surface area contributed by atoms with Gasteiger partial charge in [0.1, 0.15) is 6.10 Å². The van der Waals surface area contributed by atoms with Crippen molar-refractivity contribution in [3.05, 3.63) is 0 Å². The number of rotatable bonds is 1. The lowest BCUT2D eigenvalue weighted by Crippen LogP contribution is -2.35. The van der Waals surface area contributed by atoms with Gasteiger partial charge in [-0.15, -0.1) is 0 Å². The number of esters is 1. The van der Waals surface area contributed by atoms with Crippen LogP contribution in [0.5, 0.6) is 0 Å². The quantitative estimate of drug-likeness (QED) is 0.543. The maximum Gasteiger partial charge on any atom is 0.310 e. The van der Waals surface area contributed by atoms with E-state index >= 15 is 0 Å². The lowest BCUT2D eigenvalue weighted by molar-refractivity contribution is -0.144. The fourth-order valence-corrected chi connectivity index (χ4v) is 4.48. The van der Waals surface area contributed by atoms with Crippen molar-refractivity contribution in [3.8, 4) is 0 Å². The maximum atomic E-state index is 11.5. The molecule has 4 heteroatoms. The molecule has 72 valence electrons. The van der Waals surface area contributed by atoms with Crippen molar-refractivity contribution in [3.63, 3.8) is 0 Å². The Balaban J connectivity index is 2.01. The number of fused-ring (bicyclic) bond motifs is 1. The van der Waals surface area contributed by atoms with E-state index in [1.807, 2.05) is 0 Å². The van der Waals surface area contributed by atoms with Crippen LogP contribution in [-0.4, -0.2) is 28.6 Å². The predicted octanol–water partition coefficient (Wildman–Crippen LogP) is 0.550. The van der Waals surface area contributed by atoms with Crippen molar-refractivity contribution in [1.29, 1.82) is 0 Å². The fraction of sp³-hybridized carbons (Fsp3) is 0.889. The van der Waals surface area contributed by atoms with Gasteiger partial charge in [0.2, 0.25) is 0 Å². The Morgan fingerprint density at radius 1 is 1.54 bits per heavy atom. The van der Waals surface area contributed by atoms with Gasteiger partial charge in [-0.3, -0.25) is 4.79 Å². The van der Waals surface area contributed by atoms with Crippen LogP contribution in [0.15, 0.2) is 0 Å². The molecule has 1 aliphatic heterocycles. The van der Waals surface area contributed by atoms with E-state index in [2.05, 4.69) is 15.9 Å². The van der Waals surface area contributed by atoms with Gasteiger partial charge in [-0.05, 0) is 18.3 Å². The third kappa shape index (κ3) is 0.814. The standard InChI is InChI=1S/C9H11BrO3/c10-7-3-1-4-6(5(3)2-11)9(12)13-8(4)7/h3-8,11H,1-2H2/t3-,4-,5+,6+,7+,8+/m1/s1. The van der Waals surface area contributed by atoms with Crippen molar-refractivity contribution >= 4 is 21.9 Å². The molecular weight excluding hydrogens is 236 g/mol. The molecule has 0 aromatic carbocycles. The van der Waals surface area contributed by atoms with Gasteiger partial charge in [-0.2, -0.15) is 0 Å². The summed E-state index contributed by atoms with van der Waals surface area (Å²) in [6.07, 6.45) is 1.13. The third-order valence-corrected chi connectivity index (χ3v) is 5.10. The molecule has 0 spiro atoms. The van der Waals surface area contributed by atoms with E-state index in [0.717, 1.165) is 6.42 Å². The molecule has 3 fully saturated rings. The van der Waals surface area contributed by atoms with Crippen LogP contribution >= 0.6 is 15.9 Å². The summed E-state index contributed by atoms with van der Waals surface area (Å²) in [6, 6.07) is 0. The highest BCUT2D eigenvalue weighted by atomic mass is 79.9. The van der Waals surface area contributed by atoms with Crippen LogP contribution in [0.2, 0.25) is 0 Å². The molecule has 3 aliphatic rings. The summed E-state index contributed by atoms with van der Waals surface area (Å²) in [4.78, 5) is 11.7. The Kier molecular flexibility index (Phi) is 1.57. The third-order valence-electron chi connectivity index (χ3n) is 3.90. The fourth-order valence-electron chi connectivity index (χ4n) is 3.37. The van der Waals surface area contributed by atoms with Crippen molar-refractivity contribution in [2.24, 2.45) is 23.7 Å². The number of carbonyl (C=O) groups is 1. The van der Waals surface area contributed by atoms with Gasteiger partial charge >= 0.3 is 5.97 Å². The first-order chi connectivity index (χ1) is 6.24. The maximum absolute atomic E-state index is 11.5. The first kappa shape index (κ1) is 8.24. The summed E-state index contributed by atoms with van der Waals surface area (Å²) < 4.78 is 5.29. The van der Waals surface area contributed by atoms with E-state index in [1.54, 1.807) is 0 Å². The summed E-state index contributed by atoms with van der Waals surface area (Å²) in [5, 5.41) is 9.22. The summed E-state index contributed by atoms with van der Waals surface area (Å²) in [5.41, 5.74) is 0. The van der Waals surface area contributed by atoms with E-state index in [1.165, 1.54) is 0 Å². The second kappa shape index (κ2) is 2.48. The minimum absolute atomic E-state index is 0.00574. The van der Waals surface area contributed by atoms with Crippen LogP contribution in [0.1, 0.15) is 6.42 Å². The molecule has 13 heavy (non-hydrogen) atoms. The molecule has 0 aromatic rings. The zero-order chi connectivity index (χ0) is 9.16. The lowest BCUT2D eigenvalue weighted by atomic mass is 9.80. The zero-order valence-corrected chi connectivity index (χ0v) is 8.61. The van der Waals surface area contributed by atoms with Crippen LogP contribution in [-0.2, 0) is 9.53 Å². The number of aliphatic hydroxyl groups excluding tert-OH is 1. The zero-order valence-electron chi connectivity index (χ0n) is 7.02. The van der Waals surface area contributed by atoms with Gasteiger partial charge in [-0.1, -0.05) is 15.9 Å². The van der Waals surface area contributed by atoms with Crippen LogP contribution in [0, 0.1) is 23.7 Å². The number of alkyl halides is 1. The number of carbonyl (C=O) groups excluding carboxylic acids is 1. The number of hydrogen-bond donors (Lipinski definition) is 1. The van der Waals surface area contributed by atoms with Gasteiger partial charge in [-0.25, -0.2) is 0 Å². The number of ether oxygens (including phenoxy) is 1. The molecule has 6 atom stereocenters. The highest BCUT2D eigenvalue weighted by Gasteiger charge is 2.65. The first-order valence-corrected chi connectivity index (χ1v) is 5.61. The smallest absolute Gasteiger partial charge is 0.310 e. The van der Waals surface area contributed by atoms with Gasteiger partial charge < -0.3 is 9.84 Å². The molecule has 3 nitrogen and oxygen atoms in total. The molecule has 1 N–H and O–H groups in total. The molecule has 0 amide bonds. The summed E-state index contributed by atoms with van der Waals surface area (Å²) >= 11 is 3.57. The SMILES string of the molecule is O=C1O[C@@H]2[C@@H](Br)[C@@H]3C[C@@H]2[C@H]1[C@H]3CO. The lowest BCUT2D eigenvalue weighted by Gasteiger charge is -2.26. The minimum atomic E-state index is -0.0847. The average Bonchev–Trinajstić information content (AvgIpc) is 2.68. The topological polar surface area (TPSA) is 46.5 Å². The molecule has 2 aliphatic carbocycles. The molecule has 3 rings (SSSR count). The predicted molar refractivity (Wildman–Crippen MR) is 48.3 cm³/mol. The first-order valence-electron chi connectivity index (χ1n) is 4.69. The summed E-state index contributed by atoms with van der Waals surface area (Å²) in [7, 11) is 0. The average molecular weight is 247 g/mol. The molecule has 1 heterocycles. The van der Waals surface area contributed by atoms with E-state index < -0.39 is 0 Å². The second-order valence-electron chi connectivity index (χ2n) is 4.28. The molecule has 0 radical (unpaired) electrons.